The molecule has 2 rings (SSSR count). The lowest BCUT2D eigenvalue weighted by molar-refractivity contribution is -0.115. The Hall–Kier alpha value is -2.80. The number of urea groups is 1. The Morgan fingerprint density at radius 3 is 2.52 bits per heavy atom. The molecular weight excluding hydrogens is 344 g/mol. The Bertz CT molecular complexity index is 831. The zero-order chi connectivity index (χ0) is 18.4. The molecule has 0 unspecified atom stereocenters. The third-order valence-electron chi connectivity index (χ3n) is 3.49. The maximum atomic E-state index is 11.9. The highest BCUT2D eigenvalue weighted by Crippen LogP contribution is 2.10. The van der Waals surface area contributed by atoms with E-state index in [1.807, 2.05) is 0 Å². The number of anilines is 1. The van der Waals surface area contributed by atoms with Crippen molar-refractivity contribution >= 4 is 29.2 Å². The fourth-order valence-corrected chi connectivity index (χ4v) is 2.18. The lowest BCUT2D eigenvalue weighted by atomic mass is 10.2. The Morgan fingerprint density at radius 1 is 1.16 bits per heavy atom. The van der Waals surface area contributed by atoms with Crippen molar-refractivity contribution < 1.29 is 9.59 Å². The molecule has 7 nitrogen and oxygen atoms in total. The third-order valence-corrected chi connectivity index (χ3v) is 3.74. The molecule has 3 amide bonds. The molecule has 1 aromatic heterocycles. The number of hydrogen-bond donors (Lipinski definition) is 3. The third kappa shape index (κ3) is 5.65. The first-order valence-electron chi connectivity index (χ1n) is 7.58. The Morgan fingerprint density at radius 2 is 1.84 bits per heavy atom. The number of nitrogens with one attached hydrogen (secondary N) is 3. The number of aryl methyl sites for hydroxylation is 2. The number of hydrogen-bond acceptors (Lipinski definition) is 3. The highest BCUT2D eigenvalue weighted by atomic mass is 35.5. The number of pyridine rings is 1. The average Bonchev–Trinajstić information content (AvgIpc) is 2.57. The molecule has 0 aliphatic carbocycles. The van der Waals surface area contributed by atoms with Gasteiger partial charge in [0.2, 0.25) is 5.91 Å². The fourth-order valence-electron chi connectivity index (χ4n) is 2.06. The first-order valence-corrected chi connectivity index (χ1v) is 7.96. The van der Waals surface area contributed by atoms with Gasteiger partial charge in [-0.2, -0.15) is 0 Å². The number of amides is 3. The molecule has 0 bridgehead atoms. The zero-order valence-corrected chi connectivity index (χ0v) is 14.7. The van der Waals surface area contributed by atoms with E-state index in [4.69, 9.17) is 11.6 Å². The fraction of sp³-hybridized carbons (Fsp3) is 0.235. The molecule has 0 aliphatic rings. The number of nitrogens with zero attached hydrogens (tertiary/aromatic N) is 1. The molecule has 1 heterocycles. The van der Waals surface area contributed by atoms with Gasteiger partial charge < -0.3 is 20.5 Å². The summed E-state index contributed by atoms with van der Waals surface area (Å²) in [6.07, 6.45) is 1.54. The minimum absolute atomic E-state index is 0.157. The van der Waals surface area contributed by atoms with Crippen LogP contribution in [0, 0.1) is 6.92 Å². The molecule has 0 spiro atoms. The Balaban J connectivity index is 1.79. The number of benzene rings is 1. The van der Waals surface area contributed by atoms with Gasteiger partial charge in [0.15, 0.2) is 0 Å². The number of carbonyl (C=O) groups is 2. The quantitative estimate of drug-likeness (QED) is 0.757. The Labute approximate surface area is 150 Å². The van der Waals surface area contributed by atoms with Crippen LogP contribution in [0.3, 0.4) is 0 Å². The van der Waals surface area contributed by atoms with Crippen LogP contribution in [0.25, 0.3) is 0 Å². The summed E-state index contributed by atoms with van der Waals surface area (Å²) in [4.78, 5) is 35.1. The predicted octanol–water partition coefficient (Wildman–Crippen LogP) is 1.79. The Kier molecular flexibility index (Phi) is 6.19. The van der Waals surface area contributed by atoms with Crippen molar-refractivity contribution in [2.75, 3.05) is 11.9 Å². The molecule has 0 radical (unpaired) electrons. The van der Waals surface area contributed by atoms with E-state index in [-0.39, 0.29) is 18.0 Å². The topological polar surface area (TPSA) is 92.2 Å². The van der Waals surface area contributed by atoms with Gasteiger partial charge in [0.05, 0.1) is 12.2 Å². The molecule has 0 atom stereocenters. The van der Waals surface area contributed by atoms with E-state index < -0.39 is 6.03 Å². The van der Waals surface area contributed by atoms with Crippen LogP contribution in [-0.2, 0) is 18.4 Å². The van der Waals surface area contributed by atoms with Gasteiger partial charge >= 0.3 is 6.03 Å². The summed E-state index contributed by atoms with van der Waals surface area (Å²) in [5.41, 5.74) is 1.92. The molecule has 0 saturated heterocycles. The molecule has 25 heavy (non-hydrogen) atoms. The average molecular weight is 363 g/mol. The van der Waals surface area contributed by atoms with Crippen LogP contribution in [0.15, 0.2) is 41.3 Å². The molecule has 3 N–H and O–H groups in total. The molecule has 0 saturated carbocycles. The lowest BCUT2D eigenvalue weighted by Crippen LogP contribution is -2.39. The van der Waals surface area contributed by atoms with Gasteiger partial charge in [0, 0.05) is 30.9 Å². The van der Waals surface area contributed by atoms with Gasteiger partial charge in [-0.1, -0.05) is 23.7 Å². The highest BCUT2D eigenvalue weighted by molar-refractivity contribution is 6.30. The van der Waals surface area contributed by atoms with Crippen LogP contribution in [0.4, 0.5) is 10.5 Å². The van der Waals surface area contributed by atoms with Gasteiger partial charge in [0.25, 0.3) is 5.56 Å². The van der Waals surface area contributed by atoms with Crippen LogP contribution < -0.4 is 21.5 Å². The van der Waals surface area contributed by atoms with E-state index in [1.165, 1.54) is 16.8 Å². The van der Waals surface area contributed by atoms with E-state index in [9.17, 15) is 14.4 Å². The number of halogens is 1. The smallest absolute Gasteiger partial charge is 0.315 e. The van der Waals surface area contributed by atoms with Crippen LogP contribution in [0.1, 0.15) is 11.1 Å². The van der Waals surface area contributed by atoms with Crippen molar-refractivity contribution in [3.05, 3.63) is 63.0 Å². The van der Waals surface area contributed by atoms with E-state index in [0.717, 1.165) is 5.56 Å². The van der Waals surface area contributed by atoms with E-state index in [0.29, 0.717) is 22.8 Å². The maximum Gasteiger partial charge on any atom is 0.315 e. The summed E-state index contributed by atoms with van der Waals surface area (Å²) in [7, 11) is 1.60. The van der Waals surface area contributed by atoms with Crippen LogP contribution in [0.2, 0.25) is 5.02 Å². The van der Waals surface area contributed by atoms with Gasteiger partial charge in [-0.15, -0.1) is 0 Å². The van der Waals surface area contributed by atoms with Gasteiger partial charge in [-0.25, -0.2) is 4.79 Å². The second-order valence-electron chi connectivity index (χ2n) is 5.53. The molecule has 8 heteroatoms. The first-order chi connectivity index (χ1) is 11.8. The summed E-state index contributed by atoms with van der Waals surface area (Å²) in [6, 6.07) is 8.05. The predicted molar refractivity (Wildman–Crippen MR) is 96.7 cm³/mol. The van der Waals surface area contributed by atoms with Crippen molar-refractivity contribution in [3.63, 3.8) is 0 Å². The minimum Gasteiger partial charge on any atom is -0.334 e. The first kappa shape index (κ1) is 18.5. The molecular formula is C17H19ClN4O3. The summed E-state index contributed by atoms with van der Waals surface area (Å²) in [6.45, 7) is 1.86. The van der Waals surface area contributed by atoms with Crippen LogP contribution in [0.5, 0.6) is 0 Å². The van der Waals surface area contributed by atoms with Crippen molar-refractivity contribution in [3.8, 4) is 0 Å². The van der Waals surface area contributed by atoms with E-state index >= 15 is 0 Å². The van der Waals surface area contributed by atoms with Gasteiger partial charge in [-0.3, -0.25) is 9.59 Å². The summed E-state index contributed by atoms with van der Waals surface area (Å²) in [5.74, 6) is -0.386. The molecule has 0 aliphatic heterocycles. The second kappa shape index (κ2) is 8.34. The highest BCUT2D eigenvalue weighted by Gasteiger charge is 2.08. The second-order valence-corrected chi connectivity index (χ2v) is 5.97. The SMILES string of the molecule is Cc1cc(=O)n(C)cc1NC(=O)CNC(=O)NCc1ccc(Cl)cc1. The maximum absolute atomic E-state index is 11.9. The monoisotopic (exact) mass is 362 g/mol. The summed E-state index contributed by atoms with van der Waals surface area (Å²) >= 11 is 5.79. The lowest BCUT2D eigenvalue weighted by Gasteiger charge is -2.11. The van der Waals surface area contributed by atoms with Crippen molar-refractivity contribution in [1.82, 2.24) is 15.2 Å². The zero-order valence-electron chi connectivity index (χ0n) is 13.9. The van der Waals surface area contributed by atoms with Gasteiger partial charge in [0.1, 0.15) is 0 Å². The number of carbonyl (C=O) groups excluding carboxylic acids is 2. The molecule has 132 valence electrons. The summed E-state index contributed by atoms with van der Waals surface area (Å²) in [5, 5.41) is 8.40. The molecule has 2 aromatic rings. The van der Waals surface area contributed by atoms with Crippen LogP contribution >= 0.6 is 11.6 Å². The summed E-state index contributed by atoms with van der Waals surface area (Å²) < 4.78 is 1.37. The van der Waals surface area contributed by atoms with E-state index in [1.54, 1.807) is 38.2 Å². The van der Waals surface area contributed by atoms with Gasteiger partial charge in [-0.05, 0) is 30.2 Å². The normalized spacial score (nSPS) is 10.2. The van der Waals surface area contributed by atoms with Crippen molar-refractivity contribution in [2.45, 2.75) is 13.5 Å². The largest absolute Gasteiger partial charge is 0.334 e. The van der Waals surface area contributed by atoms with Crippen molar-refractivity contribution in [1.29, 1.82) is 0 Å². The number of rotatable bonds is 5. The molecule has 1 aromatic carbocycles. The number of aromatic nitrogens is 1. The molecule has 0 fully saturated rings. The van der Waals surface area contributed by atoms with Crippen LogP contribution in [-0.4, -0.2) is 23.1 Å². The van der Waals surface area contributed by atoms with E-state index in [2.05, 4.69) is 16.0 Å². The van der Waals surface area contributed by atoms with Crippen molar-refractivity contribution in [2.24, 2.45) is 7.05 Å². The standard InChI is InChI=1S/C17H19ClN4O3/c1-11-7-16(24)22(2)10-14(11)21-15(23)9-20-17(25)19-8-12-3-5-13(18)6-4-12/h3-7,10H,8-9H2,1-2H3,(H,21,23)(H2,19,20,25). The minimum atomic E-state index is -0.456.